The molecule has 1 amide bonds. The van der Waals surface area contributed by atoms with E-state index in [1.165, 1.54) is 0 Å². The zero-order chi connectivity index (χ0) is 11.5. The Labute approximate surface area is 95.6 Å². The average Bonchev–Trinajstić information content (AvgIpc) is 2.30. The number of aliphatic imine (C=N–C) groups is 1. The second-order valence-electron chi connectivity index (χ2n) is 4.38. The molecule has 0 aromatic rings. The van der Waals surface area contributed by atoms with E-state index in [2.05, 4.69) is 21.8 Å². The van der Waals surface area contributed by atoms with Crippen LogP contribution in [0.5, 0.6) is 0 Å². The number of amides is 1. The van der Waals surface area contributed by atoms with Crippen LogP contribution in [-0.4, -0.2) is 55.1 Å². The lowest BCUT2D eigenvalue weighted by Gasteiger charge is -2.34. The number of nitrogens with zero attached hydrogens (tertiary/aromatic N) is 3. The SMILES string of the molecule is CN1CCN(C2=CCC(C(N)=O)C=N2)CC1. The van der Waals surface area contributed by atoms with Crippen LogP contribution < -0.4 is 5.73 Å². The van der Waals surface area contributed by atoms with E-state index < -0.39 is 0 Å². The molecule has 2 rings (SSSR count). The van der Waals surface area contributed by atoms with Crippen molar-refractivity contribution < 1.29 is 4.79 Å². The van der Waals surface area contributed by atoms with Gasteiger partial charge in [-0.15, -0.1) is 0 Å². The van der Waals surface area contributed by atoms with E-state index in [0.717, 1.165) is 32.0 Å². The quantitative estimate of drug-likeness (QED) is 0.694. The molecule has 5 nitrogen and oxygen atoms in total. The van der Waals surface area contributed by atoms with Crippen LogP contribution in [0.2, 0.25) is 0 Å². The van der Waals surface area contributed by atoms with Crippen molar-refractivity contribution in [2.24, 2.45) is 16.6 Å². The topological polar surface area (TPSA) is 61.9 Å². The van der Waals surface area contributed by atoms with Gasteiger partial charge in [-0.1, -0.05) is 0 Å². The third-order valence-corrected chi connectivity index (χ3v) is 3.13. The molecule has 16 heavy (non-hydrogen) atoms. The van der Waals surface area contributed by atoms with Crippen LogP contribution in [0.3, 0.4) is 0 Å². The van der Waals surface area contributed by atoms with Gasteiger partial charge < -0.3 is 15.5 Å². The van der Waals surface area contributed by atoms with Crippen molar-refractivity contribution in [2.75, 3.05) is 33.2 Å². The molecule has 2 heterocycles. The van der Waals surface area contributed by atoms with E-state index in [0.29, 0.717) is 6.42 Å². The molecule has 5 heteroatoms. The van der Waals surface area contributed by atoms with E-state index in [1.807, 2.05) is 6.08 Å². The van der Waals surface area contributed by atoms with Crippen LogP contribution in [0.15, 0.2) is 16.9 Å². The van der Waals surface area contributed by atoms with E-state index >= 15 is 0 Å². The molecular formula is C11H18N4O. The van der Waals surface area contributed by atoms with Gasteiger partial charge in [-0.05, 0) is 19.5 Å². The van der Waals surface area contributed by atoms with Gasteiger partial charge in [0.1, 0.15) is 5.82 Å². The van der Waals surface area contributed by atoms with Gasteiger partial charge in [-0.25, -0.2) is 4.99 Å². The summed E-state index contributed by atoms with van der Waals surface area (Å²) < 4.78 is 0. The van der Waals surface area contributed by atoms with Crippen molar-refractivity contribution in [3.05, 3.63) is 11.9 Å². The number of hydrogen-bond acceptors (Lipinski definition) is 4. The molecule has 0 bridgehead atoms. The average molecular weight is 222 g/mol. The highest BCUT2D eigenvalue weighted by Crippen LogP contribution is 2.17. The Morgan fingerprint density at radius 3 is 2.62 bits per heavy atom. The minimum atomic E-state index is -0.294. The Morgan fingerprint density at radius 1 is 1.44 bits per heavy atom. The maximum Gasteiger partial charge on any atom is 0.226 e. The summed E-state index contributed by atoms with van der Waals surface area (Å²) in [6, 6.07) is 0. The van der Waals surface area contributed by atoms with Gasteiger partial charge in [0.05, 0.1) is 5.92 Å². The molecule has 1 atom stereocenters. The summed E-state index contributed by atoms with van der Waals surface area (Å²) in [4.78, 5) is 19.8. The number of piperazine rings is 1. The third-order valence-electron chi connectivity index (χ3n) is 3.13. The van der Waals surface area contributed by atoms with Crippen LogP contribution in [0, 0.1) is 5.92 Å². The molecule has 0 aliphatic carbocycles. The monoisotopic (exact) mass is 222 g/mol. The van der Waals surface area contributed by atoms with Gasteiger partial charge in [0.25, 0.3) is 0 Å². The fraction of sp³-hybridized carbons (Fsp3) is 0.636. The van der Waals surface area contributed by atoms with Crippen LogP contribution in [0.1, 0.15) is 6.42 Å². The van der Waals surface area contributed by atoms with Crippen molar-refractivity contribution >= 4 is 12.1 Å². The van der Waals surface area contributed by atoms with Crippen molar-refractivity contribution in [3.63, 3.8) is 0 Å². The Morgan fingerprint density at radius 2 is 2.12 bits per heavy atom. The van der Waals surface area contributed by atoms with Crippen molar-refractivity contribution in [1.82, 2.24) is 9.80 Å². The Kier molecular flexibility index (Phi) is 3.24. The zero-order valence-electron chi connectivity index (χ0n) is 9.59. The van der Waals surface area contributed by atoms with Crippen molar-refractivity contribution in [3.8, 4) is 0 Å². The number of rotatable bonds is 2. The summed E-state index contributed by atoms with van der Waals surface area (Å²) in [6.45, 7) is 4.13. The summed E-state index contributed by atoms with van der Waals surface area (Å²) >= 11 is 0. The first-order valence-electron chi connectivity index (χ1n) is 5.64. The highest BCUT2D eigenvalue weighted by Gasteiger charge is 2.20. The number of primary amides is 1. The van der Waals surface area contributed by atoms with Gasteiger partial charge >= 0.3 is 0 Å². The predicted molar refractivity (Wildman–Crippen MR) is 62.9 cm³/mol. The minimum Gasteiger partial charge on any atom is -0.369 e. The Balaban J connectivity index is 1.93. The van der Waals surface area contributed by atoms with Crippen LogP contribution in [0.25, 0.3) is 0 Å². The largest absolute Gasteiger partial charge is 0.369 e. The molecular weight excluding hydrogens is 204 g/mol. The number of carbonyl (C=O) groups is 1. The molecule has 2 aliphatic heterocycles. The number of allylic oxidation sites excluding steroid dienone is 1. The van der Waals surface area contributed by atoms with E-state index in [9.17, 15) is 4.79 Å². The first kappa shape index (κ1) is 11.1. The minimum absolute atomic E-state index is 0.226. The lowest BCUT2D eigenvalue weighted by atomic mass is 10.0. The molecule has 88 valence electrons. The van der Waals surface area contributed by atoms with Crippen LogP contribution in [0.4, 0.5) is 0 Å². The van der Waals surface area contributed by atoms with E-state index in [4.69, 9.17) is 5.73 Å². The van der Waals surface area contributed by atoms with Gasteiger partial charge in [-0.3, -0.25) is 4.79 Å². The third kappa shape index (κ3) is 2.41. The molecule has 2 N–H and O–H groups in total. The van der Waals surface area contributed by atoms with Gasteiger partial charge in [-0.2, -0.15) is 0 Å². The standard InChI is InChI=1S/C11H18N4O/c1-14-4-6-15(7-5-14)10-3-2-9(8-13-10)11(12)16/h3,8-9H,2,4-7H2,1H3,(H2,12,16). The Bertz CT molecular complexity index is 329. The number of nitrogens with two attached hydrogens (primary N) is 1. The fourth-order valence-electron chi connectivity index (χ4n) is 1.95. The van der Waals surface area contributed by atoms with E-state index in [1.54, 1.807) is 6.21 Å². The van der Waals surface area contributed by atoms with Gasteiger partial charge in [0.2, 0.25) is 5.91 Å². The highest BCUT2D eigenvalue weighted by atomic mass is 16.1. The maximum atomic E-state index is 11.0. The number of likely N-dealkylation sites (N-methyl/N-ethyl adjacent to an activating group) is 1. The van der Waals surface area contributed by atoms with Crippen molar-refractivity contribution in [1.29, 1.82) is 0 Å². The summed E-state index contributed by atoms with van der Waals surface area (Å²) in [5.74, 6) is 0.472. The summed E-state index contributed by atoms with van der Waals surface area (Å²) in [5.41, 5.74) is 5.23. The number of hydrogen-bond donors (Lipinski definition) is 1. The summed E-state index contributed by atoms with van der Waals surface area (Å²) in [7, 11) is 2.12. The molecule has 0 saturated carbocycles. The molecule has 0 aromatic heterocycles. The lowest BCUT2D eigenvalue weighted by molar-refractivity contribution is -0.119. The molecule has 0 aromatic carbocycles. The predicted octanol–water partition coefficient (Wildman–Crippen LogP) is -0.349. The van der Waals surface area contributed by atoms with Gasteiger partial charge in [0, 0.05) is 32.4 Å². The smallest absolute Gasteiger partial charge is 0.226 e. The lowest BCUT2D eigenvalue weighted by Crippen LogP contribution is -2.44. The summed E-state index contributed by atoms with van der Waals surface area (Å²) in [6.07, 6.45) is 4.37. The molecule has 2 aliphatic rings. The highest BCUT2D eigenvalue weighted by molar-refractivity contribution is 5.93. The fourth-order valence-corrected chi connectivity index (χ4v) is 1.95. The molecule has 0 radical (unpaired) electrons. The van der Waals surface area contributed by atoms with E-state index in [-0.39, 0.29) is 11.8 Å². The zero-order valence-corrected chi connectivity index (χ0v) is 9.59. The first-order valence-corrected chi connectivity index (χ1v) is 5.64. The molecule has 1 saturated heterocycles. The molecule has 1 fully saturated rings. The number of carbonyl (C=O) groups excluding carboxylic acids is 1. The first-order chi connectivity index (χ1) is 7.66. The summed E-state index contributed by atoms with van der Waals surface area (Å²) in [5, 5.41) is 0. The second-order valence-corrected chi connectivity index (χ2v) is 4.38. The molecule has 1 unspecified atom stereocenters. The van der Waals surface area contributed by atoms with Crippen molar-refractivity contribution in [2.45, 2.75) is 6.42 Å². The van der Waals surface area contributed by atoms with Crippen LogP contribution in [-0.2, 0) is 4.79 Å². The molecule has 0 spiro atoms. The van der Waals surface area contributed by atoms with Gasteiger partial charge in [0.15, 0.2) is 0 Å². The Hall–Kier alpha value is -1.36. The normalized spacial score (nSPS) is 26.7. The second kappa shape index (κ2) is 4.65. The van der Waals surface area contributed by atoms with Crippen LogP contribution >= 0.6 is 0 Å². The maximum absolute atomic E-state index is 11.0.